The maximum Gasteiger partial charge on any atom is 0.343 e. The van der Waals surface area contributed by atoms with Gasteiger partial charge in [0.1, 0.15) is 11.5 Å². The van der Waals surface area contributed by atoms with Crippen molar-refractivity contribution in [2.24, 2.45) is 0 Å². The second-order valence-electron chi connectivity index (χ2n) is 6.09. The van der Waals surface area contributed by atoms with Crippen molar-refractivity contribution in [3.05, 3.63) is 71.8 Å². The van der Waals surface area contributed by atoms with Crippen LogP contribution in [0, 0.1) is 13.8 Å². The van der Waals surface area contributed by atoms with E-state index in [0.717, 1.165) is 23.6 Å². The summed E-state index contributed by atoms with van der Waals surface area (Å²) in [7, 11) is 0. The Morgan fingerprint density at radius 1 is 0.926 bits per heavy atom. The Balaban J connectivity index is 1.77. The zero-order valence-electron chi connectivity index (χ0n) is 15.7. The lowest BCUT2D eigenvalue weighted by atomic mass is 10.1. The molecule has 0 unspecified atom stereocenters. The number of benzene rings is 2. The van der Waals surface area contributed by atoms with E-state index >= 15 is 0 Å². The summed E-state index contributed by atoms with van der Waals surface area (Å²) in [6.45, 7) is 8.16. The Morgan fingerprint density at radius 3 is 2.26 bits per heavy atom. The number of carbonyl (C=O) groups is 2. The zero-order valence-corrected chi connectivity index (χ0v) is 15.7. The van der Waals surface area contributed by atoms with Gasteiger partial charge in [0.2, 0.25) is 0 Å². The first-order chi connectivity index (χ1) is 13.0. The molecule has 5 heteroatoms. The third-order valence-corrected chi connectivity index (χ3v) is 4.00. The molecular formula is C22H24O5. The molecule has 0 N–H and O–H groups in total. The molecule has 0 saturated carbocycles. The molecule has 0 aliphatic rings. The molecule has 0 aliphatic carbocycles. The monoisotopic (exact) mass is 368 g/mol. The molecule has 142 valence electrons. The minimum Gasteiger partial charge on any atom is -0.494 e. The number of hydrogen-bond acceptors (Lipinski definition) is 5. The van der Waals surface area contributed by atoms with E-state index in [0.29, 0.717) is 36.7 Å². The highest BCUT2D eigenvalue weighted by Crippen LogP contribution is 2.19. The molecular weight excluding hydrogens is 344 g/mol. The number of unbranched alkanes of at least 4 members (excludes halogenated alkanes) is 1. The normalized spacial score (nSPS) is 10.1. The van der Waals surface area contributed by atoms with Crippen LogP contribution in [0.1, 0.15) is 34.3 Å². The summed E-state index contributed by atoms with van der Waals surface area (Å²) in [5.74, 6) is 0.370. The lowest BCUT2D eigenvalue weighted by molar-refractivity contribution is -0.137. The van der Waals surface area contributed by atoms with E-state index in [2.05, 4.69) is 6.58 Å². The first-order valence-electron chi connectivity index (χ1n) is 8.81. The first-order valence-corrected chi connectivity index (χ1v) is 8.81. The molecule has 2 rings (SSSR count). The van der Waals surface area contributed by atoms with Gasteiger partial charge in [-0.2, -0.15) is 0 Å². The molecule has 2 aromatic carbocycles. The summed E-state index contributed by atoms with van der Waals surface area (Å²) in [6, 6.07) is 12.4. The molecule has 0 aromatic heterocycles. The van der Waals surface area contributed by atoms with Crippen LogP contribution < -0.4 is 9.47 Å². The Labute approximate surface area is 159 Å². The third-order valence-electron chi connectivity index (χ3n) is 4.00. The predicted octanol–water partition coefficient (Wildman–Crippen LogP) is 4.41. The summed E-state index contributed by atoms with van der Waals surface area (Å²) in [5, 5.41) is 0. The van der Waals surface area contributed by atoms with E-state index in [1.165, 1.54) is 0 Å². The average molecular weight is 368 g/mol. The number of rotatable bonds is 9. The largest absolute Gasteiger partial charge is 0.494 e. The number of carbonyl (C=O) groups excluding carboxylic acids is 2. The van der Waals surface area contributed by atoms with E-state index in [9.17, 15) is 9.59 Å². The second kappa shape index (κ2) is 10.2. The van der Waals surface area contributed by atoms with Crippen LogP contribution >= 0.6 is 0 Å². The fourth-order valence-corrected chi connectivity index (χ4v) is 2.26. The van der Waals surface area contributed by atoms with Crippen molar-refractivity contribution in [1.29, 1.82) is 0 Å². The second-order valence-corrected chi connectivity index (χ2v) is 6.09. The molecule has 0 spiro atoms. The third kappa shape index (κ3) is 6.62. The van der Waals surface area contributed by atoms with E-state index < -0.39 is 11.9 Å². The fraction of sp³-hybridized carbons (Fsp3) is 0.273. The van der Waals surface area contributed by atoms with Gasteiger partial charge in [-0.15, -0.1) is 0 Å². The predicted molar refractivity (Wildman–Crippen MR) is 103 cm³/mol. The number of esters is 2. The van der Waals surface area contributed by atoms with Crippen LogP contribution in [0.3, 0.4) is 0 Å². The minimum absolute atomic E-state index is 0.345. The molecule has 0 fully saturated rings. The molecule has 2 aromatic rings. The smallest absolute Gasteiger partial charge is 0.343 e. The average Bonchev–Trinajstić information content (AvgIpc) is 2.67. The highest BCUT2D eigenvalue weighted by Gasteiger charge is 2.09. The first kappa shape index (κ1) is 20.2. The van der Waals surface area contributed by atoms with Crippen LogP contribution in [0.15, 0.2) is 55.1 Å². The summed E-state index contributed by atoms with van der Waals surface area (Å²) in [6.07, 6.45) is 2.60. The highest BCUT2D eigenvalue weighted by molar-refractivity contribution is 5.91. The zero-order chi connectivity index (χ0) is 19.6. The van der Waals surface area contributed by atoms with Gasteiger partial charge in [0, 0.05) is 6.08 Å². The van der Waals surface area contributed by atoms with Crippen LogP contribution in [-0.2, 0) is 9.53 Å². The van der Waals surface area contributed by atoms with Gasteiger partial charge in [-0.05, 0) is 74.2 Å². The van der Waals surface area contributed by atoms with Crippen molar-refractivity contribution in [2.45, 2.75) is 26.7 Å². The number of ether oxygens (including phenoxy) is 3. The molecule has 0 amide bonds. The number of aryl methyl sites for hydroxylation is 2. The maximum absolute atomic E-state index is 12.2. The summed E-state index contributed by atoms with van der Waals surface area (Å²) < 4.78 is 15.9. The highest BCUT2D eigenvalue weighted by atomic mass is 16.5. The summed E-state index contributed by atoms with van der Waals surface area (Å²) >= 11 is 0. The van der Waals surface area contributed by atoms with Gasteiger partial charge in [0.15, 0.2) is 0 Å². The van der Waals surface area contributed by atoms with Gasteiger partial charge in [0.25, 0.3) is 0 Å². The van der Waals surface area contributed by atoms with Crippen LogP contribution in [0.5, 0.6) is 11.5 Å². The van der Waals surface area contributed by atoms with Crippen molar-refractivity contribution in [3.8, 4) is 11.5 Å². The maximum atomic E-state index is 12.2. The Morgan fingerprint density at radius 2 is 1.59 bits per heavy atom. The molecule has 0 radical (unpaired) electrons. The van der Waals surface area contributed by atoms with Gasteiger partial charge in [-0.25, -0.2) is 9.59 Å². The van der Waals surface area contributed by atoms with Crippen molar-refractivity contribution in [1.82, 2.24) is 0 Å². The Kier molecular flexibility index (Phi) is 7.62. The van der Waals surface area contributed by atoms with Gasteiger partial charge in [-0.3, -0.25) is 0 Å². The van der Waals surface area contributed by atoms with E-state index in [4.69, 9.17) is 14.2 Å². The topological polar surface area (TPSA) is 61.8 Å². The van der Waals surface area contributed by atoms with E-state index in [-0.39, 0.29) is 0 Å². The van der Waals surface area contributed by atoms with Crippen molar-refractivity contribution in [3.63, 3.8) is 0 Å². The standard InChI is InChI=1S/C22H24O5/c1-4-21(23)26-14-6-5-13-25-19-11-8-18(9-12-19)22(24)27-20-10-7-16(2)17(3)15-20/h4,7-12,15H,1,5-6,13-14H2,2-3H3. The number of hydrogen-bond donors (Lipinski definition) is 0. The molecule has 0 aliphatic heterocycles. The lowest BCUT2D eigenvalue weighted by Gasteiger charge is -2.08. The van der Waals surface area contributed by atoms with Crippen LogP contribution in [0.2, 0.25) is 0 Å². The Bertz CT molecular complexity index is 793. The quantitative estimate of drug-likeness (QED) is 0.284. The molecule has 0 saturated heterocycles. The molecule has 0 heterocycles. The van der Waals surface area contributed by atoms with E-state index in [1.807, 2.05) is 26.0 Å². The summed E-state index contributed by atoms with van der Waals surface area (Å²) in [5.41, 5.74) is 2.68. The summed E-state index contributed by atoms with van der Waals surface area (Å²) in [4.78, 5) is 23.1. The van der Waals surface area contributed by atoms with Crippen molar-refractivity contribution < 1.29 is 23.8 Å². The molecule has 27 heavy (non-hydrogen) atoms. The minimum atomic E-state index is -0.417. The molecule has 5 nitrogen and oxygen atoms in total. The SMILES string of the molecule is C=CC(=O)OCCCCOc1ccc(C(=O)Oc2ccc(C)c(C)c2)cc1. The molecule has 0 atom stereocenters. The van der Waals surface area contributed by atoms with Crippen molar-refractivity contribution in [2.75, 3.05) is 13.2 Å². The molecule has 0 bridgehead atoms. The Hall–Kier alpha value is -3.08. The van der Waals surface area contributed by atoms with Gasteiger partial charge in [-0.1, -0.05) is 12.6 Å². The fourth-order valence-electron chi connectivity index (χ4n) is 2.26. The van der Waals surface area contributed by atoms with Gasteiger partial charge < -0.3 is 14.2 Å². The lowest BCUT2D eigenvalue weighted by Crippen LogP contribution is -2.08. The van der Waals surface area contributed by atoms with Crippen molar-refractivity contribution >= 4 is 11.9 Å². The van der Waals surface area contributed by atoms with Gasteiger partial charge in [0.05, 0.1) is 18.8 Å². The van der Waals surface area contributed by atoms with Crippen LogP contribution in [-0.4, -0.2) is 25.2 Å². The van der Waals surface area contributed by atoms with Crippen LogP contribution in [0.4, 0.5) is 0 Å². The van der Waals surface area contributed by atoms with Gasteiger partial charge >= 0.3 is 11.9 Å². The van der Waals surface area contributed by atoms with Crippen LogP contribution in [0.25, 0.3) is 0 Å². The van der Waals surface area contributed by atoms with E-state index in [1.54, 1.807) is 30.3 Å².